The number of hydrogen-bond acceptors (Lipinski definition) is 5. The Kier molecular flexibility index (Phi) is 5.07. The van der Waals surface area contributed by atoms with Crippen LogP contribution in [0.1, 0.15) is 10.4 Å². The number of thioether (sulfide) groups is 1. The summed E-state index contributed by atoms with van der Waals surface area (Å²) < 4.78 is 25.0. The molecule has 4 N–H and O–H groups in total. The van der Waals surface area contributed by atoms with Gasteiger partial charge in [-0.15, -0.1) is 0 Å². The molecule has 0 atom stereocenters. The molecule has 0 unspecified atom stereocenters. The summed E-state index contributed by atoms with van der Waals surface area (Å²) in [5.41, 5.74) is 2.97. The van der Waals surface area contributed by atoms with Crippen molar-refractivity contribution in [1.82, 2.24) is 4.98 Å². The van der Waals surface area contributed by atoms with Crippen LogP contribution in [0.3, 0.4) is 0 Å². The third-order valence-electron chi connectivity index (χ3n) is 2.52. The molecule has 8 heteroatoms. The van der Waals surface area contributed by atoms with Crippen LogP contribution in [0.15, 0.2) is 47.5 Å². The van der Waals surface area contributed by atoms with E-state index in [9.17, 15) is 13.6 Å². The maximum Gasteiger partial charge on any atom is 0.288 e. The summed E-state index contributed by atoms with van der Waals surface area (Å²) in [6, 6.07) is 9.32. The van der Waals surface area contributed by atoms with Crippen molar-refractivity contribution in [3.05, 3.63) is 48.2 Å². The second-order valence-corrected chi connectivity index (χ2v) is 4.93. The summed E-state index contributed by atoms with van der Waals surface area (Å²) >= 11 is 0.377. The van der Waals surface area contributed by atoms with Crippen LogP contribution >= 0.6 is 11.8 Å². The van der Waals surface area contributed by atoms with E-state index in [1.807, 2.05) is 0 Å². The summed E-state index contributed by atoms with van der Waals surface area (Å²) in [5.74, 6) is 2.56. The number of nitrogens with zero attached hydrogens (tertiary/aromatic N) is 1. The number of nitrogen functional groups attached to an aromatic ring is 1. The van der Waals surface area contributed by atoms with Gasteiger partial charge in [0, 0.05) is 16.7 Å². The number of rotatable bonds is 5. The van der Waals surface area contributed by atoms with Crippen molar-refractivity contribution in [1.29, 1.82) is 0 Å². The lowest BCUT2D eigenvalue weighted by molar-refractivity contribution is 0.102. The standard InChI is InChI=1S/C13H12F2N4OS/c14-13(15)21-10-4-2-1-3-9(10)18-12(20)8-5-6-17-11(7-8)19-16/h1-7,13H,16H2,(H,17,19)(H,18,20). The first-order valence-corrected chi connectivity index (χ1v) is 6.76. The number of benzene rings is 1. The average Bonchev–Trinajstić information content (AvgIpc) is 2.48. The molecule has 1 aromatic carbocycles. The van der Waals surface area contributed by atoms with Crippen LogP contribution in [0, 0.1) is 0 Å². The second kappa shape index (κ2) is 7.00. The number of aromatic nitrogens is 1. The monoisotopic (exact) mass is 310 g/mol. The van der Waals surface area contributed by atoms with Gasteiger partial charge in [0.1, 0.15) is 5.82 Å². The van der Waals surface area contributed by atoms with Gasteiger partial charge in [-0.05, 0) is 24.3 Å². The molecule has 0 aliphatic carbocycles. The van der Waals surface area contributed by atoms with E-state index in [1.54, 1.807) is 18.2 Å². The van der Waals surface area contributed by atoms with Gasteiger partial charge in [-0.3, -0.25) is 4.79 Å². The molecule has 0 saturated carbocycles. The molecule has 0 radical (unpaired) electrons. The first-order valence-electron chi connectivity index (χ1n) is 5.88. The Morgan fingerprint density at radius 3 is 2.76 bits per heavy atom. The van der Waals surface area contributed by atoms with Gasteiger partial charge in [0.25, 0.3) is 11.7 Å². The zero-order chi connectivity index (χ0) is 15.2. The Labute approximate surface area is 123 Å². The fourth-order valence-corrected chi connectivity index (χ4v) is 2.21. The predicted molar refractivity (Wildman–Crippen MR) is 78.3 cm³/mol. The summed E-state index contributed by atoms with van der Waals surface area (Å²) in [6.45, 7) is 0. The van der Waals surface area contributed by atoms with E-state index in [2.05, 4.69) is 15.7 Å². The number of para-hydroxylation sites is 1. The molecule has 0 saturated heterocycles. The van der Waals surface area contributed by atoms with E-state index in [1.165, 1.54) is 24.4 Å². The Bertz CT molecular complexity index is 639. The van der Waals surface area contributed by atoms with Crippen molar-refractivity contribution in [2.24, 2.45) is 5.84 Å². The Hall–Kier alpha value is -2.19. The molecule has 0 aliphatic heterocycles. The fraction of sp³-hybridized carbons (Fsp3) is 0.0769. The summed E-state index contributed by atoms with van der Waals surface area (Å²) in [7, 11) is 0. The topological polar surface area (TPSA) is 80.0 Å². The highest BCUT2D eigenvalue weighted by atomic mass is 32.2. The molecular formula is C13H12F2N4OS. The first-order chi connectivity index (χ1) is 10.1. The van der Waals surface area contributed by atoms with Gasteiger partial charge in [0.2, 0.25) is 0 Å². The smallest absolute Gasteiger partial charge is 0.288 e. The molecule has 5 nitrogen and oxygen atoms in total. The van der Waals surface area contributed by atoms with Crippen molar-refractivity contribution in [2.45, 2.75) is 10.7 Å². The van der Waals surface area contributed by atoms with Gasteiger partial charge in [0.15, 0.2) is 0 Å². The van der Waals surface area contributed by atoms with Crippen LogP contribution in [0.4, 0.5) is 20.3 Å². The van der Waals surface area contributed by atoms with Gasteiger partial charge in [-0.25, -0.2) is 10.8 Å². The lowest BCUT2D eigenvalue weighted by Gasteiger charge is -2.10. The van der Waals surface area contributed by atoms with Gasteiger partial charge >= 0.3 is 0 Å². The van der Waals surface area contributed by atoms with Gasteiger partial charge < -0.3 is 10.7 Å². The molecule has 110 valence electrons. The highest BCUT2D eigenvalue weighted by Gasteiger charge is 2.13. The number of pyridine rings is 1. The maximum atomic E-state index is 12.5. The van der Waals surface area contributed by atoms with Crippen molar-refractivity contribution < 1.29 is 13.6 Å². The number of hydrogen-bond donors (Lipinski definition) is 3. The van der Waals surface area contributed by atoms with Crippen molar-refractivity contribution in [3.8, 4) is 0 Å². The normalized spacial score (nSPS) is 10.5. The zero-order valence-electron chi connectivity index (χ0n) is 10.7. The fourth-order valence-electron chi connectivity index (χ4n) is 1.61. The number of carbonyl (C=O) groups excluding carboxylic acids is 1. The summed E-state index contributed by atoms with van der Waals surface area (Å²) in [5, 5.41) is 2.59. The zero-order valence-corrected chi connectivity index (χ0v) is 11.5. The molecular weight excluding hydrogens is 298 g/mol. The first kappa shape index (κ1) is 15.2. The molecule has 0 fully saturated rings. The number of nitrogens with one attached hydrogen (secondary N) is 2. The molecule has 1 aromatic heterocycles. The van der Waals surface area contributed by atoms with Crippen LogP contribution in [0.25, 0.3) is 0 Å². The molecule has 0 aliphatic rings. The van der Waals surface area contributed by atoms with E-state index in [0.717, 1.165) is 0 Å². The van der Waals surface area contributed by atoms with Gasteiger partial charge in [0.05, 0.1) is 5.69 Å². The van der Waals surface area contributed by atoms with E-state index in [4.69, 9.17) is 5.84 Å². The van der Waals surface area contributed by atoms with Crippen LogP contribution in [-0.2, 0) is 0 Å². The van der Waals surface area contributed by atoms with Crippen LogP contribution in [0.2, 0.25) is 0 Å². The SMILES string of the molecule is NNc1cc(C(=O)Nc2ccccc2SC(F)F)ccn1. The third kappa shape index (κ3) is 4.14. The van der Waals surface area contributed by atoms with Crippen molar-refractivity contribution >= 4 is 29.2 Å². The number of amides is 1. The van der Waals surface area contributed by atoms with Crippen LogP contribution < -0.4 is 16.6 Å². The van der Waals surface area contributed by atoms with Gasteiger partial charge in [-0.2, -0.15) is 8.78 Å². The Balaban J connectivity index is 2.19. The van der Waals surface area contributed by atoms with E-state index in [-0.39, 0.29) is 0 Å². The Morgan fingerprint density at radius 1 is 1.29 bits per heavy atom. The number of carbonyl (C=O) groups is 1. The quantitative estimate of drug-likeness (QED) is 0.449. The lowest BCUT2D eigenvalue weighted by Crippen LogP contribution is -2.14. The van der Waals surface area contributed by atoms with Crippen LogP contribution in [-0.4, -0.2) is 16.6 Å². The average molecular weight is 310 g/mol. The minimum absolute atomic E-state index is 0.298. The van der Waals surface area contributed by atoms with E-state index >= 15 is 0 Å². The number of alkyl halides is 2. The summed E-state index contributed by atoms with van der Waals surface area (Å²) in [6.07, 6.45) is 1.42. The molecule has 1 amide bonds. The van der Waals surface area contributed by atoms with E-state index < -0.39 is 11.7 Å². The van der Waals surface area contributed by atoms with Crippen molar-refractivity contribution in [2.75, 3.05) is 10.7 Å². The molecule has 21 heavy (non-hydrogen) atoms. The molecule has 1 heterocycles. The van der Waals surface area contributed by atoms with E-state index in [0.29, 0.717) is 33.7 Å². The number of anilines is 2. The highest BCUT2D eigenvalue weighted by molar-refractivity contribution is 7.99. The molecule has 2 rings (SSSR count). The molecule has 0 spiro atoms. The summed E-state index contributed by atoms with van der Waals surface area (Å²) in [4.78, 5) is 16.3. The Morgan fingerprint density at radius 2 is 2.05 bits per heavy atom. The molecule has 2 aromatic rings. The molecule has 0 bridgehead atoms. The van der Waals surface area contributed by atoms with Crippen molar-refractivity contribution in [3.63, 3.8) is 0 Å². The largest absolute Gasteiger partial charge is 0.321 e. The van der Waals surface area contributed by atoms with Gasteiger partial charge in [-0.1, -0.05) is 23.9 Å². The predicted octanol–water partition coefficient (Wildman–Crippen LogP) is 2.93. The minimum atomic E-state index is -2.56. The highest BCUT2D eigenvalue weighted by Crippen LogP contribution is 2.31. The third-order valence-corrected chi connectivity index (χ3v) is 3.31. The number of halogens is 2. The minimum Gasteiger partial charge on any atom is -0.321 e. The lowest BCUT2D eigenvalue weighted by atomic mass is 10.2. The second-order valence-electron chi connectivity index (χ2n) is 3.90. The van der Waals surface area contributed by atoms with Crippen LogP contribution in [0.5, 0.6) is 0 Å². The number of nitrogens with two attached hydrogens (primary N) is 1. The number of hydrazine groups is 1. The maximum absolute atomic E-state index is 12.5.